The quantitative estimate of drug-likeness (QED) is 0.204. The Balaban J connectivity index is 0.000000568. The first-order chi connectivity index (χ1) is 19.3. The van der Waals surface area contributed by atoms with Gasteiger partial charge in [0.15, 0.2) is 18.3 Å². The van der Waals surface area contributed by atoms with Crippen molar-refractivity contribution in [3.05, 3.63) is 102 Å². The first-order valence-electron chi connectivity index (χ1n) is 14.2. The van der Waals surface area contributed by atoms with Gasteiger partial charge in [0.05, 0.1) is 0 Å². The Labute approximate surface area is 235 Å². The van der Waals surface area contributed by atoms with Gasteiger partial charge < -0.3 is 4.74 Å². The van der Waals surface area contributed by atoms with Gasteiger partial charge in [-0.15, -0.1) is 0 Å². The maximum Gasteiger partial charge on any atom is 0.404 e. The van der Waals surface area contributed by atoms with Gasteiger partial charge in [0.1, 0.15) is 35.3 Å². The summed E-state index contributed by atoms with van der Waals surface area (Å²) in [6.45, 7) is 12.6. The van der Waals surface area contributed by atoms with Crippen molar-refractivity contribution in [2.75, 3.05) is 0 Å². The van der Waals surface area contributed by atoms with Crippen LogP contribution in [0.2, 0.25) is 0 Å². The van der Waals surface area contributed by atoms with E-state index in [1.54, 1.807) is 12.1 Å². The standard InChI is InChI=1S/C27H23F2N3O2.C4H10.C2H6/c1-3-27-20-15-18(28)16-21(29)23(20)24-31(19-9-5-4-6-10-19)13-14-32(24)26(27,2)17-30-12-8-7-11-22(30)25(33)34-27;1-3-4-2;1-2/h4-16H,3,17H2,1-2H3;3-4H2,1-2H3;1-2H3/q+2;;/t26-,27?;;/m0../s1. The number of carbonyl (C=O) groups excluding carboxylic acids is 1. The first kappa shape index (κ1) is 29.1. The van der Waals surface area contributed by atoms with E-state index in [0.29, 0.717) is 30.0 Å². The third kappa shape index (κ3) is 4.51. The summed E-state index contributed by atoms with van der Waals surface area (Å²) in [4.78, 5) is 13.3. The molecule has 2 aromatic carbocycles. The molecule has 0 spiro atoms. The SMILES string of the molecule is CC.CCC12OC(=O)c3cccc[n+]3C[C@]1(C)[n+]1ccn(-c3ccccc3)c1-c1c(F)cc(F)cc12.CCCC. The van der Waals surface area contributed by atoms with Crippen LogP contribution in [0.15, 0.2) is 79.3 Å². The highest BCUT2D eigenvalue weighted by atomic mass is 19.1. The summed E-state index contributed by atoms with van der Waals surface area (Å²) >= 11 is 0. The molecule has 4 heterocycles. The lowest BCUT2D eigenvalue weighted by Crippen LogP contribution is -2.72. The fraction of sp³-hybridized carbons (Fsp3) is 0.364. The van der Waals surface area contributed by atoms with Crippen LogP contribution in [0.4, 0.5) is 8.78 Å². The molecule has 0 bridgehead atoms. The van der Waals surface area contributed by atoms with Crippen molar-refractivity contribution in [2.45, 2.75) is 78.5 Å². The molecule has 0 amide bonds. The van der Waals surface area contributed by atoms with E-state index in [-0.39, 0.29) is 5.56 Å². The molecule has 0 aliphatic carbocycles. The Morgan fingerprint density at radius 1 is 0.950 bits per heavy atom. The van der Waals surface area contributed by atoms with E-state index in [1.165, 1.54) is 18.9 Å². The molecule has 0 saturated carbocycles. The number of para-hydroxylation sites is 1. The van der Waals surface area contributed by atoms with Crippen molar-refractivity contribution in [1.82, 2.24) is 4.57 Å². The Morgan fingerprint density at radius 2 is 1.62 bits per heavy atom. The fourth-order valence-corrected chi connectivity index (χ4v) is 5.78. The zero-order valence-electron chi connectivity index (χ0n) is 24.2. The number of unbranched alkanes of at least 4 members (excludes halogenated alkanes) is 1. The molecule has 2 aliphatic heterocycles. The predicted molar refractivity (Wildman–Crippen MR) is 151 cm³/mol. The normalized spacial score (nSPS) is 20.1. The third-order valence-corrected chi connectivity index (χ3v) is 7.86. The van der Waals surface area contributed by atoms with Gasteiger partial charge in [-0.25, -0.2) is 18.1 Å². The molecule has 2 aromatic heterocycles. The minimum atomic E-state index is -1.30. The summed E-state index contributed by atoms with van der Waals surface area (Å²) < 4.78 is 42.4. The summed E-state index contributed by atoms with van der Waals surface area (Å²) in [6.07, 6.45) is 8.57. The van der Waals surface area contributed by atoms with Crippen molar-refractivity contribution in [3.8, 4) is 17.1 Å². The Morgan fingerprint density at radius 3 is 2.27 bits per heavy atom. The summed E-state index contributed by atoms with van der Waals surface area (Å²) in [5, 5.41) is 0. The maximum atomic E-state index is 15.6. The number of rotatable bonds is 3. The molecule has 0 N–H and O–H groups in total. The second kappa shape index (κ2) is 11.7. The van der Waals surface area contributed by atoms with E-state index >= 15 is 4.39 Å². The number of ether oxygens (including phenoxy) is 1. The molecule has 210 valence electrons. The van der Waals surface area contributed by atoms with Crippen molar-refractivity contribution in [3.63, 3.8) is 0 Å². The Kier molecular flexibility index (Phi) is 8.52. The van der Waals surface area contributed by atoms with E-state index in [0.717, 1.165) is 11.8 Å². The van der Waals surface area contributed by atoms with Crippen molar-refractivity contribution < 1.29 is 27.4 Å². The van der Waals surface area contributed by atoms with Crippen LogP contribution >= 0.6 is 0 Å². The molecule has 2 aliphatic rings. The molecule has 1 unspecified atom stereocenters. The lowest BCUT2D eigenvalue weighted by atomic mass is 9.69. The number of hydrogen-bond donors (Lipinski definition) is 0. The highest BCUT2D eigenvalue weighted by Gasteiger charge is 2.66. The van der Waals surface area contributed by atoms with Gasteiger partial charge in [-0.05, 0) is 37.6 Å². The maximum absolute atomic E-state index is 15.6. The van der Waals surface area contributed by atoms with E-state index in [9.17, 15) is 9.18 Å². The van der Waals surface area contributed by atoms with E-state index < -0.39 is 28.7 Å². The lowest BCUT2D eigenvalue weighted by Gasteiger charge is -2.45. The number of fused-ring (bicyclic) bond motifs is 7. The molecule has 7 heteroatoms. The largest absolute Gasteiger partial charge is 0.441 e. The minimum absolute atomic E-state index is 0.235. The molecule has 0 fully saturated rings. The van der Waals surface area contributed by atoms with Crippen LogP contribution in [0.25, 0.3) is 17.1 Å². The molecule has 2 atom stereocenters. The number of carbonyl (C=O) groups is 1. The molecule has 0 saturated heterocycles. The van der Waals surface area contributed by atoms with Gasteiger partial charge in [-0.2, -0.15) is 9.13 Å². The molecular formula is C33H39F2N3O2+2. The fourth-order valence-electron chi connectivity index (χ4n) is 5.78. The topological polar surface area (TPSA) is 39.0 Å². The number of hydrogen-bond acceptors (Lipinski definition) is 2. The summed E-state index contributed by atoms with van der Waals surface area (Å²) in [7, 11) is 0. The van der Waals surface area contributed by atoms with Gasteiger partial charge in [-0.3, -0.25) is 0 Å². The smallest absolute Gasteiger partial charge is 0.404 e. The van der Waals surface area contributed by atoms with Crippen molar-refractivity contribution in [2.24, 2.45) is 0 Å². The molecule has 40 heavy (non-hydrogen) atoms. The van der Waals surface area contributed by atoms with Crippen LogP contribution in [0.5, 0.6) is 0 Å². The average Bonchev–Trinajstić information content (AvgIpc) is 3.38. The van der Waals surface area contributed by atoms with Crippen molar-refractivity contribution >= 4 is 5.97 Å². The van der Waals surface area contributed by atoms with Gasteiger partial charge >= 0.3 is 5.97 Å². The van der Waals surface area contributed by atoms with Crippen LogP contribution in [0.3, 0.4) is 0 Å². The third-order valence-electron chi connectivity index (χ3n) is 7.86. The van der Waals surface area contributed by atoms with E-state index in [4.69, 9.17) is 4.74 Å². The zero-order valence-corrected chi connectivity index (χ0v) is 24.2. The summed E-state index contributed by atoms with van der Waals surface area (Å²) in [6, 6.07) is 17.2. The second-order valence-corrected chi connectivity index (χ2v) is 10.1. The monoisotopic (exact) mass is 547 g/mol. The number of imidazole rings is 1. The van der Waals surface area contributed by atoms with Gasteiger partial charge in [0.25, 0.3) is 11.5 Å². The highest BCUT2D eigenvalue weighted by molar-refractivity contribution is 5.86. The molecular weight excluding hydrogens is 508 g/mol. The number of aromatic nitrogens is 3. The summed E-state index contributed by atoms with van der Waals surface area (Å²) in [5.74, 6) is -1.35. The number of halogens is 2. The van der Waals surface area contributed by atoms with Gasteiger partial charge in [0.2, 0.25) is 5.54 Å². The molecule has 6 rings (SSSR count). The molecule has 5 nitrogen and oxygen atoms in total. The van der Waals surface area contributed by atoms with Gasteiger partial charge in [0, 0.05) is 23.8 Å². The van der Waals surface area contributed by atoms with Crippen molar-refractivity contribution in [1.29, 1.82) is 0 Å². The number of benzene rings is 2. The zero-order chi connectivity index (χ0) is 29.1. The highest BCUT2D eigenvalue weighted by Crippen LogP contribution is 2.51. The van der Waals surface area contributed by atoms with Crippen LogP contribution in [0.1, 0.15) is 76.9 Å². The number of nitrogens with zero attached hydrogens (tertiary/aromatic N) is 3. The van der Waals surface area contributed by atoms with Crippen LogP contribution in [-0.4, -0.2) is 10.5 Å². The Hall–Kier alpha value is -3.87. The van der Waals surface area contributed by atoms with E-state index in [1.807, 2.05) is 96.4 Å². The van der Waals surface area contributed by atoms with E-state index in [2.05, 4.69) is 13.8 Å². The number of pyridine rings is 1. The molecule has 0 radical (unpaired) electrons. The predicted octanol–water partition coefficient (Wildman–Crippen LogP) is 7.03. The van der Waals surface area contributed by atoms with Crippen LogP contribution in [0, 0.1) is 11.6 Å². The first-order valence-corrected chi connectivity index (χ1v) is 14.2. The lowest BCUT2D eigenvalue weighted by molar-refractivity contribution is -0.835. The van der Waals surface area contributed by atoms with Crippen LogP contribution < -0.4 is 9.13 Å². The van der Waals surface area contributed by atoms with Crippen LogP contribution in [-0.2, 0) is 22.4 Å². The number of esters is 1. The second-order valence-electron chi connectivity index (χ2n) is 10.1. The average molecular weight is 548 g/mol. The van der Waals surface area contributed by atoms with Gasteiger partial charge in [-0.1, -0.05) is 65.7 Å². The minimum Gasteiger partial charge on any atom is -0.441 e. The summed E-state index contributed by atoms with van der Waals surface area (Å²) in [5.41, 5.74) is -0.358. The Bertz CT molecular complexity index is 1500. The molecule has 4 aromatic rings.